The molecule has 2 aromatic rings. The Bertz CT molecular complexity index is 537. The first-order chi connectivity index (χ1) is 9.61. The molecule has 0 fully saturated rings. The summed E-state index contributed by atoms with van der Waals surface area (Å²) >= 11 is 0. The first-order valence-corrected chi connectivity index (χ1v) is 6.16. The predicted octanol–water partition coefficient (Wildman–Crippen LogP) is 2.72. The van der Waals surface area contributed by atoms with E-state index in [1.807, 2.05) is 0 Å². The third-order valence-electron chi connectivity index (χ3n) is 3.18. The molecule has 0 spiro atoms. The highest BCUT2D eigenvalue weighted by atomic mass is 16.4. The molecule has 4 nitrogen and oxygen atoms in total. The normalized spacial score (nSPS) is 13.4. The Labute approximate surface area is 116 Å². The van der Waals surface area contributed by atoms with Crippen LogP contribution in [-0.2, 0) is 9.59 Å². The van der Waals surface area contributed by atoms with Gasteiger partial charge in [-0.2, -0.15) is 0 Å². The Morgan fingerprint density at radius 3 is 1.20 bits per heavy atom. The Kier molecular flexibility index (Phi) is 4.15. The molecule has 0 bridgehead atoms. The zero-order chi connectivity index (χ0) is 14.5. The van der Waals surface area contributed by atoms with Crippen LogP contribution in [0.3, 0.4) is 0 Å². The summed E-state index contributed by atoms with van der Waals surface area (Å²) in [5.74, 6) is -4.52. The van der Waals surface area contributed by atoms with E-state index in [4.69, 9.17) is 0 Å². The molecule has 0 amide bonds. The minimum atomic E-state index is -1.15. The second-order valence-corrected chi connectivity index (χ2v) is 4.45. The van der Waals surface area contributed by atoms with Crippen molar-refractivity contribution in [2.24, 2.45) is 0 Å². The summed E-state index contributed by atoms with van der Waals surface area (Å²) in [6, 6.07) is 16.9. The Morgan fingerprint density at radius 1 is 0.650 bits per heavy atom. The zero-order valence-electron chi connectivity index (χ0n) is 10.6. The van der Waals surface area contributed by atoms with Crippen LogP contribution in [0.25, 0.3) is 0 Å². The molecule has 102 valence electrons. The van der Waals surface area contributed by atoms with Crippen LogP contribution in [0.1, 0.15) is 23.0 Å². The molecule has 0 aliphatic carbocycles. The van der Waals surface area contributed by atoms with Crippen molar-refractivity contribution in [3.05, 3.63) is 71.8 Å². The van der Waals surface area contributed by atoms with Crippen molar-refractivity contribution in [2.75, 3.05) is 0 Å². The smallest absolute Gasteiger partial charge is 0.312 e. The number of rotatable bonds is 5. The Balaban J connectivity index is 2.50. The van der Waals surface area contributed by atoms with E-state index >= 15 is 0 Å². The molecule has 2 N–H and O–H groups in total. The number of aliphatic carboxylic acids is 2. The Morgan fingerprint density at radius 2 is 0.950 bits per heavy atom. The number of carbonyl (C=O) groups is 2. The molecule has 0 radical (unpaired) electrons. The van der Waals surface area contributed by atoms with Gasteiger partial charge in [-0.3, -0.25) is 9.59 Å². The third kappa shape index (κ3) is 2.85. The fraction of sp³-hybridized carbons (Fsp3) is 0.125. The van der Waals surface area contributed by atoms with Gasteiger partial charge in [-0.25, -0.2) is 0 Å². The second kappa shape index (κ2) is 6.02. The van der Waals surface area contributed by atoms with E-state index in [1.165, 1.54) is 0 Å². The molecule has 20 heavy (non-hydrogen) atoms. The molecule has 0 aliphatic rings. The molecular formula is C16H14O4. The first kappa shape index (κ1) is 13.8. The van der Waals surface area contributed by atoms with Crippen LogP contribution in [0, 0.1) is 0 Å². The highest BCUT2D eigenvalue weighted by molar-refractivity contribution is 5.88. The molecular weight excluding hydrogens is 256 g/mol. The monoisotopic (exact) mass is 270 g/mol. The minimum absolute atomic E-state index is 0.483. The lowest BCUT2D eigenvalue weighted by Gasteiger charge is -2.21. The number of carboxylic acids is 2. The molecule has 4 heteroatoms. The van der Waals surface area contributed by atoms with Crippen molar-refractivity contribution in [3.8, 4) is 0 Å². The van der Waals surface area contributed by atoms with E-state index in [0.29, 0.717) is 11.1 Å². The van der Waals surface area contributed by atoms with E-state index in [-0.39, 0.29) is 0 Å². The van der Waals surface area contributed by atoms with Crippen LogP contribution in [-0.4, -0.2) is 22.2 Å². The standard InChI is InChI=1S/C16H14O4/c17-15(18)13(11-7-3-1-4-8-11)14(16(19)20)12-9-5-2-6-10-12/h1-10,13-14H,(H,17,18)(H,19,20)/t13-,14-/m1/s1. The quantitative estimate of drug-likeness (QED) is 0.876. The summed E-state index contributed by atoms with van der Waals surface area (Å²) in [4.78, 5) is 23.1. The highest BCUT2D eigenvalue weighted by Gasteiger charge is 2.36. The van der Waals surface area contributed by atoms with Crippen LogP contribution < -0.4 is 0 Å². The number of carboxylic acid groups (broad SMARTS) is 2. The number of benzene rings is 2. The average Bonchev–Trinajstić information content (AvgIpc) is 2.45. The highest BCUT2D eigenvalue weighted by Crippen LogP contribution is 2.33. The van der Waals surface area contributed by atoms with Gasteiger partial charge in [0.2, 0.25) is 0 Å². The number of hydrogen-bond donors (Lipinski definition) is 2. The fourth-order valence-electron chi connectivity index (χ4n) is 2.28. The lowest BCUT2D eigenvalue weighted by molar-refractivity contribution is -0.147. The molecule has 0 saturated heterocycles. The van der Waals surface area contributed by atoms with Crippen molar-refractivity contribution in [2.45, 2.75) is 11.8 Å². The van der Waals surface area contributed by atoms with Crippen LogP contribution in [0.15, 0.2) is 60.7 Å². The second-order valence-electron chi connectivity index (χ2n) is 4.45. The summed E-state index contributed by atoms with van der Waals surface area (Å²) in [6.45, 7) is 0. The van der Waals surface area contributed by atoms with E-state index in [0.717, 1.165) is 0 Å². The Hall–Kier alpha value is -2.62. The van der Waals surface area contributed by atoms with Crippen LogP contribution in [0.2, 0.25) is 0 Å². The molecule has 2 atom stereocenters. The summed E-state index contributed by atoms with van der Waals surface area (Å²) in [6.07, 6.45) is 0. The third-order valence-corrected chi connectivity index (χ3v) is 3.18. The van der Waals surface area contributed by atoms with Gasteiger partial charge in [0, 0.05) is 0 Å². The topological polar surface area (TPSA) is 74.6 Å². The molecule has 0 saturated carbocycles. The van der Waals surface area contributed by atoms with Crippen molar-refractivity contribution in [1.82, 2.24) is 0 Å². The zero-order valence-corrected chi connectivity index (χ0v) is 10.6. The SMILES string of the molecule is O=C(O)[C@H](c1ccccc1)[C@H](C(=O)O)c1ccccc1. The summed E-state index contributed by atoms with van der Waals surface area (Å²) in [7, 11) is 0. The van der Waals surface area contributed by atoms with Crippen molar-refractivity contribution in [1.29, 1.82) is 0 Å². The molecule has 0 heterocycles. The van der Waals surface area contributed by atoms with Crippen molar-refractivity contribution < 1.29 is 19.8 Å². The van der Waals surface area contributed by atoms with Gasteiger partial charge >= 0.3 is 11.9 Å². The van der Waals surface area contributed by atoms with Crippen LogP contribution >= 0.6 is 0 Å². The van der Waals surface area contributed by atoms with E-state index in [1.54, 1.807) is 60.7 Å². The van der Waals surface area contributed by atoms with Gasteiger partial charge in [-0.1, -0.05) is 60.7 Å². The molecule has 0 unspecified atom stereocenters. The lowest BCUT2D eigenvalue weighted by atomic mass is 9.81. The van der Waals surface area contributed by atoms with Gasteiger partial charge < -0.3 is 10.2 Å². The summed E-state index contributed by atoms with van der Waals surface area (Å²) < 4.78 is 0. The number of hydrogen-bond acceptors (Lipinski definition) is 2. The van der Waals surface area contributed by atoms with Crippen LogP contribution in [0.5, 0.6) is 0 Å². The maximum absolute atomic E-state index is 11.6. The van der Waals surface area contributed by atoms with E-state index in [2.05, 4.69) is 0 Å². The molecule has 2 aromatic carbocycles. The van der Waals surface area contributed by atoms with E-state index in [9.17, 15) is 19.8 Å². The fourth-order valence-corrected chi connectivity index (χ4v) is 2.28. The van der Waals surface area contributed by atoms with Gasteiger partial charge in [0.05, 0.1) is 11.8 Å². The summed E-state index contributed by atoms with van der Waals surface area (Å²) in [5.41, 5.74) is 0.965. The lowest BCUT2D eigenvalue weighted by Crippen LogP contribution is -2.26. The van der Waals surface area contributed by atoms with Gasteiger partial charge in [-0.15, -0.1) is 0 Å². The molecule has 0 aromatic heterocycles. The maximum atomic E-state index is 11.6. The van der Waals surface area contributed by atoms with Gasteiger partial charge in [0.25, 0.3) is 0 Å². The van der Waals surface area contributed by atoms with Gasteiger partial charge in [-0.05, 0) is 11.1 Å². The van der Waals surface area contributed by atoms with E-state index < -0.39 is 23.8 Å². The predicted molar refractivity (Wildman–Crippen MR) is 73.6 cm³/mol. The minimum Gasteiger partial charge on any atom is -0.481 e. The first-order valence-electron chi connectivity index (χ1n) is 6.16. The summed E-state index contributed by atoms with van der Waals surface area (Å²) in [5, 5.41) is 18.9. The average molecular weight is 270 g/mol. The van der Waals surface area contributed by atoms with Crippen molar-refractivity contribution >= 4 is 11.9 Å². The largest absolute Gasteiger partial charge is 0.481 e. The maximum Gasteiger partial charge on any atom is 0.312 e. The van der Waals surface area contributed by atoms with Gasteiger partial charge in [0.15, 0.2) is 0 Å². The van der Waals surface area contributed by atoms with Crippen molar-refractivity contribution in [3.63, 3.8) is 0 Å². The molecule has 0 aliphatic heterocycles. The molecule has 2 rings (SSSR count). The van der Waals surface area contributed by atoms with Gasteiger partial charge in [0.1, 0.15) is 0 Å². The van der Waals surface area contributed by atoms with Crippen LogP contribution in [0.4, 0.5) is 0 Å².